The second-order valence-corrected chi connectivity index (χ2v) is 7.09. The van der Waals surface area contributed by atoms with E-state index in [0.717, 1.165) is 30.3 Å². The summed E-state index contributed by atoms with van der Waals surface area (Å²) in [6.07, 6.45) is 3.36. The van der Waals surface area contributed by atoms with Crippen molar-refractivity contribution in [3.05, 3.63) is 29.3 Å². The van der Waals surface area contributed by atoms with E-state index in [0.29, 0.717) is 0 Å². The molecule has 0 aromatic heterocycles. The van der Waals surface area contributed by atoms with Gasteiger partial charge in [0.25, 0.3) is 0 Å². The molecule has 0 heterocycles. The summed E-state index contributed by atoms with van der Waals surface area (Å²) in [5.74, 6) is -0.939. The largest absolute Gasteiger partial charge is 0.480 e. The monoisotopic (exact) mass is 293 g/mol. The van der Waals surface area contributed by atoms with Crippen LogP contribution in [0.5, 0.6) is 0 Å². The van der Waals surface area contributed by atoms with Crippen LogP contribution in [-0.2, 0) is 22.4 Å². The molecule has 0 atom stereocenters. The number of carboxylic acid groups (broad SMARTS) is 1. The zero-order valence-electron chi connectivity index (χ0n) is 11.7. The molecule has 1 aromatic rings. The first-order valence-electron chi connectivity index (χ1n) is 6.67. The standard InChI is InChI=1S/C15H19NO3S/c1-15(2,14(18)19)20-9-13(17)16-12-7-6-10-4-3-5-11(10)8-12/h6-8H,3-5,9H2,1-2H3,(H,16,17)(H,18,19). The fourth-order valence-electron chi connectivity index (χ4n) is 2.15. The Labute approximate surface area is 123 Å². The van der Waals surface area contributed by atoms with Crippen LogP contribution in [0.1, 0.15) is 31.4 Å². The van der Waals surface area contributed by atoms with Gasteiger partial charge in [0.15, 0.2) is 0 Å². The Hall–Kier alpha value is -1.49. The van der Waals surface area contributed by atoms with Gasteiger partial charge in [-0.2, -0.15) is 0 Å². The fourth-order valence-corrected chi connectivity index (χ4v) is 2.84. The molecule has 2 N–H and O–H groups in total. The third-order valence-electron chi connectivity index (χ3n) is 3.46. The normalized spacial score (nSPS) is 13.9. The van der Waals surface area contributed by atoms with Crippen molar-refractivity contribution >= 4 is 29.3 Å². The molecular weight excluding hydrogens is 274 g/mol. The summed E-state index contributed by atoms with van der Waals surface area (Å²) in [5.41, 5.74) is 3.47. The molecule has 0 unspecified atom stereocenters. The number of anilines is 1. The SMILES string of the molecule is CC(C)(SCC(=O)Nc1ccc2c(c1)CCC2)C(=O)O. The van der Waals surface area contributed by atoms with E-state index in [9.17, 15) is 9.59 Å². The molecule has 0 spiro atoms. The Morgan fingerprint density at radius 1 is 1.30 bits per heavy atom. The summed E-state index contributed by atoms with van der Waals surface area (Å²) < 4.78 is -0.949. The third-order valence-corrected chi connectivity index (χ3v) is 4.76. The average molecular weight is 293 g/mol. The van der Waals surface area contributed by atoms with E-state index in [4.69, 9.17) is 5.11 Å². The number of fused-ring (bicyclic) bond motifs is 1. The highest BCUT2D eigenvalue weighted by Crippen LogP contribution is 2.26. The molecule has 0 saturated carbocycles. The highest BCUT2D eigenvalue weighted by atomic mass is 32.2. The van der Waals surface area contributed by atoms with Gasteiger partial charge in [0.2, 0.25) is 5.91 Å². The van der Waals surface area contributed by atoms with Crippen LogP contribution in [0.2, 0.25) is 0 Å². The van der Waals surface area contributed by atoms with E-state index in [1.54, 1.807) is 13.8 Å². The number of hydrogen-bond acceptors (Lipinski definition) is 3. The van der Waals surface area contributed by atoms with Gasteiger partial charge in [-0.25, -0.2) is 0 Å². The summed E-state index contributed by atoms with van der Waals surface area (Å²) in [6.45, 7) is 3.20. The van der Waals surface area contributed by atoms with Crippen molar-refractivity contribution in [1.29, 1.82) is 0 Å². The highest BCUT2D eigenvalue weighted by Gasteiger charge is 2.28. The quantitative estimate of drug-likeness (QED) is 0.876. The molecule has 20 heavy (non-hydrogen) atoms. The first kappa shape index (κ1) is 14.9. The number of amides is 1. The second-order valence-electron chi connectivity index (χ2n) is 5.49. The molecular formula is C15H19NO3S. The van der Waals surface area contributed by atoms with Crippen LogP contribution >= 0.6 is 11.8 Å². The topological polar surface area (TPSA) is 66.4 Å². The number of benzene rings is 1. The van der Waals surface area contributed by atoms with Crippen LogP contribution in [0.3, 0.4) is 0 Å². The number of aliphatic carboxylic acids is 1. The van der Waals surface area contributed by atoms with E-state index in [-0.39, 0.29) is 11.7 Å². The summed E-state index contributed by atoms with van der Waals surface area (Å²) in [4.78, 5) is 22.8. The van der Waals surface area contributed by atoms with Crippen LogP contribution in [0.15, 0.2) is 18.2 Å². The Bertz CT molecular complexity index is 540. The van der Waals surface area contributed by atoms with E-state index in [1.807, 2.05) is 12.1 Å². The van der Waals surface area contributed by atoms with Crippen molar-refractivity contribution in [2.24, 2.45) is 0 Å². The van der Waals surface area contributed by atoms with Crippen LogP contribution < -0.4 is 5.32 Å². The molecule has 0 radical (unpaired) electrons. The summed E-state index contributed by atoms with van der Waals surface area (Å²) >= 11 is 1.13. The lowest BCUT2D eigenvalue weighted by molar-refractivity contribution is -0.138. The number of rotatable bonds is 5. The molecule has 1 amide bonds. The number of carbonyl (C=O) groups is 2. The van der Waals surface area contributed by atoms with Gasteiger partial charge in [-0.15, -0.1) is 11.8 Å². The van der Waals surface area contributed by atoms with E-state index < -0.39 is 10.7 Å². The highest BCUT2D eigenvalue weighted by molar-refractivity contribution is 8.02. The van der Waals surface area contributed by atoms with Gasteiger partial charge >= 0.3 is 5.97 Å². The Morgan fingerprint density at radius 2 is 2.00 bits per heavy atom. The van der Waals surface area contributed by atoms with Gasteiger partial charge in [0, 0.05) is 5.69 Å². The van der Waals surface area contributed by atoms with Crippen molar-refractivity contribution in [3.8, 4) is 0 Å². The maximum absolute atomic E-state index is 11.9. The van der Waals surface area contributed by atoms with Crippen LogP contribution in [0.25, 0.3) is 0 Å². The van der Waals surface area contributed by atoms with E-state index in [2.05, 4.69) is 11.4 Å². The van der Waals surface area contributed by atoms with Crippen LogP contribution in [0.4, 0.5) is 5.69 Å². The van der Waals surface area contributed by atoms with Crippen LogP contribution in [0, 0.1) is 0 Å². The van der Waals surface area contributed by atoms with Gasteiger partial charge < -0.3 is 10.4 Å². The number of nitrogens with one attached hydrogen (secondary N) is 1. The lowest BCUT2D eigenvalue weighted by atomic mass is 10.1. The molecule has 108 valence electrons. The first-order chi connectivity index (χ1) is 9.38. The van der Waals surface area contributed by atoms with Crippen molar-refractivity contribution in [3.63, 3.8) is 0 Å². The van der Waals surface area contributed by atoms with Crippen molar-refractivity contribution in [2.75, 3.05) is 11.1 Å². The number of carboxylic acids is 1. The van der Waals surface area contributed by atoms with Gasteiger partial charge in [-0.3, -0.25) is 9.59 Å². The Morgan fingerprint density at radius 3 is 2.70 bits per heavy atom. The maximum atomic E-state index is 11.9. The predicted molar refractivity (Wildman–Crippen MR) is 81.3 cm³/mol. The molecule has 0 aliphatic heterocycles. The van der Waals surface area contributed by atoms with Crippen molar-refractivity contribution in [2.45, 2.75) is 37.9 Å². The lowest BCUT2D eigenvalue weighted by Gasteiger charge is -2.18. The number of aryl methyl sites for hydroxylation is 2. The molecule has 0 bridgehead atoms. The predicted octanol–water partition coefficient (Wildman–Crippen LogP) is 2.71. The Kier molecular flexibility index (Phi) is 4.38. The average Bonchev–Trinajstić information content (AvgIpc) is 2.83. The molecule has 4 nitrogen and oxygen atoms in total. The molecule has 5 heteroatoms. The molecule has 1 aliphatic rings. The molecule has 1 aromatic carbocycles. The number of hydrogen-bond donors (Lipinski definition) is 2. The van der Waals surface area contributed by atoms with Crippen molar-refractivity contribution < 1.29 is 14.7 Å². The van der Waals surface area contributed by atoms with Gasteiger partial charge in [-0.05, 0) is 56.4 Å². The first-order valence-corrected chi connectivity index (χ1v) is 7.66. The van der Waals surface area contributed by atoms with E-state index in [1.165, 1.54) is 17.5 Å². The minimum atomic E-state index is -0.949. The second kappa shape index (κ2) is 5.87. The van der Waals surface area contributed by atoms with Gasteiger partial charge in [0.1, 0.15) is 4.75 Å². The maximum Gasteiger partial charge on any atom is 0.319 e. The lowest BCUT2D eigenvalue weighted by Crippen LogP contribution is -2.29. The summed E-state index contributed by atoms with van der Waals surface area (Å²) in [6, 6.07) is 5.99. The fraction of sp³-hybridized carbons (Fsp3) is 0.467. The summed E-state index contributed by atoms with van der Waals surface area (Å²) in [7, 11) is 0. The van der Waals surface area contributed by atoms with Crippen molar-refractivity contribution in [1.82, 2.24) is 0 Å². The Balaban J connectivity index is 1.90. The van der Waals surface area contributed by atoms with Gasteiger partial charge in [0.05, 0.1) is 5.75 Å². The molecule has 0 saturated heterocycles. The zero-order valence-corrected chi connectivity index (χ0v) is 12.5. The number of thioether (sulfide) groups is 1. The summed E-state index contributed by atoms with van der Waals surface area (Å²) in [5, 5.41) is 11.8. The molecule has 0 fully saturated rings. The van der Waals surface area contributed by atoms with E-state index >= 15 is 0 Å². The zero-order chi connectivity index (χ0) is 14.8. The minimum absolute atomic E-state index is 0.135. The number of carbonyl (C=O) groups excluding carboxylic acids is 1. The third kappa shape index (κ3) is 3.54. The molecule has 2 rings (SSSR count). The minimum Gasteiger partial charge on any atom is -0.480 e. The smallest absolute Gasteiger partial charge is 0.319 e. The van der Waals surface area contributed by atoms with Gasteiger partial charge in [-0.1, -0.05) is 6.07 Å². The van der Waals surface area contributed by atoms with Crippen LogP contribution in [-0.4, -0.2) is 27.5 Å². The molecule has 1 aliphatic carbocycles.